The molecule has 276 valence electrons. The van der Waals surface area contributed by atoms with Gasteiger partial charge in [-0.2, -0.15) is 14.4 Å². The van der Waals surface area contributed by atoms with E-state index in [0.29, 0.717) is 17.7 Å². The summed E-state index contributed by atoms with van der Waals surface area (Å²) in [6.45, 7) is 2.44. The lowest BCUT2D eigenvalue weighted by molar-refractivity contribution is -0.129. The predicted octanol–water partition coefficient (Wildman–Crippen LogP) is -0.233. The van der Waals surface area contributed by atoms with E-state index >= 15 is 0 Å². The Morgan fingerprint density at radius 1 is 0.980 bits per heavy atom. The number of nitrogens with two attached hydrogens (primary N) is 2. The summed E-state index contributed by atoms with van der Waals surface area (Å²) in [4.78, 5) is 78.0. The first-order valence-electron chi connectivity index (χ1n) is 14.2. The van der Waals surface area contributed by atoms with Crippen LogP contribution in [-0.4, -0.2) is 76.7 Å². The molecule has 1 aromatic carbocycles. The third kappa shape index (κ3) is 19.2. The molecule has 0 bridgehead atoms. The van der Waals surface area contributed by atoms with Crippen molar-refractivity contribution in [3.63, 3.8) is 0 Å². The van der Waals surface area contributed by atoms with E-state index in [0.717, 1.165) is 5.48 Å². The molecule has 49 heavy (non-hydrogen) atoms. The lowest BCUT2D eigenvalue weighted by atomic mass is 10.0. The zero-order chi connectivity index (χ0) is 37.0. The number of benzene rings is 1. The molecule has 0 saturated heterocycles. The van der Waals surface area contributed by atoms with Crippen LogP contribution < -0.4 is 49.1 Å². The SMILES string of the molecule is CC(C)[C@@H](NN/C=C\N)C(=O)N[C@H](CCCNC(N)=O)C(=O)Nc1ccc(COC(=O)NCCOP(=O)(O)OP(=O)(O)ONC(=O)O)cc1. The van der Waals surface area contributed by atoms with Gasteiger partial charge in [0, 0.05) is 31.2 Å². The van der Waals surface area contributed by atoms with Crippen LogP contribution in [0.4, 0.5) is 20.1 Å². The summed E-state index contributed by atoms with van der Waals surface area (Å²) in [5, 5.41) is 18.3. The second kappa shape index (κ2) is 21.5. The Kier molecular flexibility index (Phi) is 18.7. The van der Waals surface area contributed by atoms with Crippen LogP contribution in [0.5, 0.6) is 0 Å². The van der Waals surface area contributed by atoms with Crippen molar-refractivity contribution in [3.05, 3.63) is 42.2 Å². The lowest BCUT2D eigenvalue weighted by Crippen LogP contribution is -2.55. The maximum Gasteiger partial charge on any atom is 0.502 e. The van der Waals surface area contributed by atoms with Crippen molar-refractivity contribution in [3.8, 4) is 0 Å². The number of hydrogen-bond acceptors (Lipinski definition) is 14. The molecular weight excluding hydrogens is 700 g/mol. The molecule has 0 heterocycles. The van der Waals surface area contributed by atoms with Gasteiger partial charge in [0.1, 0.15) is 18.7 Å². The largest absolute Gasteiger partial charge is 0.502 e. The van der Waals surface area contributed by atoms with Gasteiger partial charge in [0.2, 0.25) is 11.8 Å². The second-order valence-electron chi connectivity index (χ2n) is 9.90. The van der Waals surface area contributed by atoms with E-state index in [1.54, 1.807) is 26.0 Å². The van der Waals surface area contributed by atoms with Crippen LogP contribution >= 0.6 is 15.6 Å². The van der Waals surface area contributed by atoms with Crippen molar-refractivity contribution < 1.29 is 66.2 Å². The molecule has 0 fully saturated rings. The van der Waals surface area contributed by atoms with Crippen LogP contribution in [0.3, 0.4) is 0 Å². The Bertz CT molecular complexity index is 1380. The zero-order valence-electron chi connectivity index (χ0n) is 26.3. The zero-order valence-corrected chi connectivity index (χ0v) is 28.1. The summed E-state index contributed by atoms with van der Waals surface area (Å²) in [5.41, 5.74) is 17.8. The van der Waals surface area contributed by atoms with Crippen LogP contribution in [0.25, 0.3) is 0 Å². The molecular formula is C24H41N9O14P2. The van der Waals surface area contributed by atoms with Gasteiger partial charge < -0.3 is 57.8 Å². The van der Waals surface area contributed by atoms with E-state index in [1.807, 2.05) is 0 Å². The molecule has 0 aliphatic carbocycles. The quantitative estimate of drug-likeness (QED) is 0.0414. The number of carboxylic acid groups (broad SMARTS) is 1. The van der Waals surface area contributed by atoms with Crippen LogP contribution in [-0.2, 0) is 43.5 Å². The molecule has 0 spiro atoms. The van der Waals surface area contributed by atoms with Gasteiger partial charge in [0.15, 0.2) is 0 Å². The third-order valence-corrected chi connectivity index (χ3v) is 8.12. The van der Waals surface area contributed by atoms with E-state index in [1.165, 1.54) is 24.5 Å². The minimum absolute atomic E-state index is 0.161. The van der Waals surface area contributed by atoms with E-state index < -0.39 is 70.9 Å². The van der Waals surface area contributed by atoms with Crippen LogP contribution in [0.15, 0.2) is 36.7 Å². The van der Waals surface area contributed by atoms with Crippen molar-refractivity contribution >= 4 is 51.4 Å². The van der Waals surface area contributed by atoms with Gasteiger partial charge in [-0.3, -0.25) is 14.1 Å². The minimum Gasteiger partial charge on any atom is -0.464 e. The maximum atomic E-state index is 13.2. The highest BCUT2D eigenvalue weighted by Crippen LogP contribution is 2.59. The molecule has 0 aliphatic rings. The van der Waals surface area contributed by atoms with E-state index in [2.05, 4.69) is 45.6 Å². The van der Waals surface area contributed by atoms with Crippen molar-refractivity contribution in [2.45, 2.75) is 45.4 Å². The molecule has 1 aromatic rings. The number of hydroxylamine groups is 1. The number of phosphoric ester groups is 1. The van der Waals surface area contributed by atoms with Gasteiger partial charge in [-0.1, -0.05) is 26.0 Å². The minimum atomic E-state index is -5.33. The molecule has 2 unspecified atom stereocenters. The summed E-state index contributed by atoms with van der Waals surface area (Å²) >= 11 is 0. The van der Waals surface area contributed by atoms with E-state index in [4.69, 9.17) is 21.3 Å². The fourth-order valence-corrected chi connectivity index (χ4v) is 5.34. The number of nitrogens with one attached hydrogen (secondary N) is 7. The first kappa shape index (κ1) is 42.6. The van der Waals surface area contributed by atoms with Gasteiger partial charge >= 0.3 is 33.9 Å². The topological polar surface area (TPSA) is 353 Å². The van der Waals surface area contributed by atoms with Gasteiger partial charge in [-0.25, -0.2) is 28.9 Å². The number of urea groups is 1. The second-order valence-corrected chi connectivity index (χ2v) is 12.9. The first-order valence-corrected chi connectivity index (χ1v) is 17.1. The number of amides is 6. The molecule has 23 nitrogen and oxygen atoms in total. The Hall–Kier alpha value is -4.47. The Morgan fingerprint density at radius 3 is 2.24 bits per heavy atom. The highest BCUT2D eigenvalue weighted by atomic mass is 31.3. The number of anilines is 1. The van der Waals surface area contributed by atoms with Crippen molar-refractivity contribution in [2.24, 2.45) is 17.4 Å². The van der Waals surface area contributed by atoms with Crippen molar-refractivity contribution in [1.82, 2.24) is 32.3 Å². The lowest BCUT2D eigenvalue weighted by Gasteiger charge is -2.25. The van der Waals surface area contributed by atoms with Gasteiger partial charge in [0.25, 0.3) is 0 Å². The highest BCUT2D eigenvalue weighted by Gasteiger charge is 2.36. The van der Waals surface area contributed by atoms with Crippen LogP contribution in [0, 0.1) is 5.92 Å². The molecule has 0 aliphatic heterocycles. The number of phosphoric acid groups is 2. The van der Waals surface area contributed by atoms with Crippen LogP contribution in [0.2, 0.25) is 0 Å². The Morgan fingerprint density at radius 2 is 1.65 bits per heavy atom. The average molecular weight is 742 g/mol. The average Bonchev–Trinajstić information content (AvgIpc) is 3.00. The number of rotatable bonds is 22. The molecule has 6 amide bonds. The summed E-state index contributed by atoms with van der Waals surface area (Å²) in [7, 11) is -10.5. The molecule has 4 atom stereocenters. The van der Waals surface area contributed by atoms with E-state index in [9.17, 15) is 42.9 Å². The van der Waals surface area contributed by atoms with Gasteiger partial charge in [-0.15, -0.1) is 0 Å². The summed E-state index contributed by atoms with van der Waals surface area (Å²) in [6.07, 6.45) is 0.250. The highest BCUT2D eigenvalue weighted by molar-refractivity contribution is 7.61. The number of alkyl carbamates (subject to hydrolysis) is 1. The predicted molar refractivity (Wildman–Crippen MR) is 169 cm³/mol. The number of hydrazine groups is 1. The Balaban J connectivity index is 2.66. The van der Waals surface area contributed by atoms with Crippen molar-refractivity contribution in [2.75, 3.05) is 25.0 Å². The third-order valence-electron chi connectivity index (χ3n) is 5.64. The number of carbonyl (C=O) groups is 5. The fraction of sp³-hybridized carbons (Fsp3) is 0.458. The molecule has 0 aromatic heterocycles. The summed E-state index contributed by atoms with van der Waals surface area (Å²) in [5.74, 6) is -1.19. The summed E-state index contributed by atoms with van der Waals surface area (Å²) in [6, 6.07) is 3.66. The standard InChI is InChI=1S/C24H41N9O14P2/c1-15(2)19(32-29-11-9-25)21(35)31-18(4-3-10-27-22(26)36)20(34)30-17-7-5-16(6-8-17)14-44-24(39)28-12-13-45-48(40,41)47-49(42,43)46-33-23(37)38/h5-9,11,15,18-19,29,32-33H,3-4,10,12-14,25H2,1-2H3,(H,28,39)(H,30,34)(H,31,35)(H,37,38)(H,40,41)(H,42,43)(H3,26,27,36)/b11-9-/t18-,19-/m1/s1. The number of hydrogen-bond donors (Lipinski definition) is 12. The maximum absolute atomic E-state index is 13.2. The first-order chi connectivity index (χ1) is 22.9. The molecule has 14 N–H and O–H groups in total. The number of carbonyl (C=O) groups excluding carboxylic acids is 4. The molecule has 25 heteroatoms. The number of primary amides is 1. The fourth-order valence-electron chi connectivity index (χ4n) is 3.46. The summed E-state index contributed by atoms with van der Waals surface area (Å²) < 4.78 is 40.1. The molecule has 1 rings (SSSR count). The van der Waals surface area contributed by atoms with Gasteiger partial charge in [0.05, 0.1) is 6.61 Å². The number of ether oxygens (including phenoxy) is 1. The van der Waals surface area contributed by atoms with Gasteiger partial charge in [-0.05, 0) is 36.5 Å². The normalized spacial score (nSPS) is 14.8. The van der Waals surface area contributed by atoms with Crippen molar-refractivity contribution in [1.29, 1.82) is 0 Å². The smallest absolute Gasteiger partial charge is 0.464 e. The molecule has 0 radical (unpaired) electrons. The monoisotopic (exact) mass is 741 g/mol. The van der Waals surface area contributed by atoms with Crippen LogP contribution in [0.1, 0.15) is 32.3 Å². The Labute approximate surface area is 280 Å². The van der Waals surface area contributed by atoms with E-state index in [-0.39, 0.29) is 25.5 Å². The molecule has 0 saturated carbocycles.